The highest BCUT2D eigenvalue weighted by Gasteiger charge is 2.10. The number of aromatic amines is 1. The molecule has 0 bridgehead atoms. The maximum absolute atomic E-state index is 12.1. The van der Waals surface area contributed by atoms with Crippen molar-refractivity contribution in [2.24, 2.45) is 0 Å². The highest BCUT2D eigenvalue weighted by Crippen LogP contribution is 2.29. The number of halogens is 1. The van der Waals surface area contributed by atoms with Gasteiger partial charge in [0.25, 0.3) is 0 Å². The summed E-state index contributed by atoms with van der Waals surface area (Å²) < 4.78 is 7.18. The standard InChI is InChI=1S/C18H17ClN4O3S/c1-2-23-17(25)21-22-18(23)27-11-16(24)20-12-7-9-13(10-8-12)26-15-6-4-3-5-14(15)19/h3-10H,2,11H2,1H3,(H,20,24)(H,21,25). The molecule has 0 atom stereocenters. The molecule has 27 heavy (non-hydrogen) atoms. The molecular weight excluding hydrogens is 388 g/mol. The van der Waals surface area contributed by atoms with Crippen molar-refractivity contribution in [3.63, 3.8) is 0 Å². The van der Waals surface area contributed by atoms with Gasteiger partial charge in [0.05, 0.1) is 10.8 Å². The lowest BCUT2D eigenvalue weighted by Crippen LogP contribution is -2.17. The average Bonchev–Trinajstić information content (AvgIpc) is 3.03. The second-order valence-corrected chi connectivity index (χ2v) is 6.80. The Hall–Kier alpha value is -2.71. The molecule has 2 N–H and O–H groups in total. The number of carbonyl (C=O) groups excluding carboxylic acids is 1. The van der Waals surface area contributed by atoms with Crippen LogP contribution in [-0.2, 0) is 11.3 Å². The van der Waals surface area contributed by atoms with Crippen molar-refractivity contribution in [3.05, 3.63) is 64.0 Å². The van der Waals surface area contributed by atoms with Crippen LogP contribution in [0.3, 0.4) is 0 Å². The quantitative estimate of drug-likeness (QED) is 0.585. The van der Waals surface area contributed by atoms with Crippen LogP contribution >= 0.6 is 23.4 Å². The van der Waals surface area contributed by atoms with E-state index < -0.39 is 0 Å². The third kappa shape index (κ3) is 4.93. The van der Waals surface area contributed by atoms with E-state index in [0.29, 0.717) is 33.9 Å². The van der Waals surface area contributed by atoms with Crippen LogP contribution in [0.5, 0.6) is 11.5 Å². The zero-order valence-electron chi connectivity index (χ0n) is 14.4. The average molecular weight is 405 g/mol. The molecule has 0 aliphatic heterocycles. The molecule has 7 nitrogen and oxygen atoms in total. The number of hydrogen-bond acceptors (Lipinski definition) is 5. The normalized spacial score (nSPS) is 10.6. The van der Waals surface area contributed by atoms with Crippen LogP contribution in [0.25, 0.3) is 0 Å². The SMILES string of the molecule is CCn1c(SCC(=O)Nc2ccc(Oc3ccccc3Cl)cc2)n[nH]c1=O. The summed E-state index contributed by atoms with van der Waals surface area (Å²) in [6, 6.07) is 14.2. The first-order valence-corrected chi connectivity index (χ1v) is 9.53. The summed E-state index contributed by atoms with van der Waals surface area (Å²) in [5, 5.41) is 10.1. The number of nitrogens with one attached hydrogen (secondary N) is 2. The molecule has 1 amide bonds. The first-order chi connectivity index (χ1) is 13.1. The van der Waals surface area contributed by atoms with E-state index in [0.717, 1.165) is 0 Å². The molecular formula is C18H17ClN4O3S. The minimum absolute atomic E-state index is 0.141. The van der Waals surface area contributed by atoms with E-state index in [4.69, 9.17) is 16.3 Å². The number of aromatic nitrogens is 3. The summed E-state index contributed by atoms with van der Waals surface area (Å²) in [5.41, 5.74) is 0.358. The van der Waals surface area contributed by atoms with Crippen LogP contribution in [0.1, 0.15) is 6.92 Å². The minimum atomic E-state index is -0.283. The molecule has 0 unspecified atom stereocenters. The molecule has 0 aliphatic carbocycles. The third-order valence-corrected chi connectivity index (χ3v) is 4.86. The summed E-state index contributed by atoms with van der Waals surface area (Å²) in [4.78, 5) is 23.6. The number of para-hydroxylation sites is 1. The van der Waals surface area contributed by atoms with Crippen molar-refractivity contribution in [3.8, 4) is 11.5 Å². The number of nitrogens with zero attached hydrogens (tertiary/aromatic N) is 2. The fourth-order valence-electron chi connectivity index (χ4n) is 2.28. The molecule has 0 radical (unpaired) electrons. The Morgan fingerprint density at radius 1 is 1.26 bits per heavy atom. The highest BCUT2D eigenvalue weighted by molar-refractivity contribution is 7.99. The summed E-state index contributed by atoms with van der Waals surface area (Å²) in [5.74, 6) is 1.12. The summed E-state index contributed by atoms with van der Waals surface area (Å²) in [7, 11) is 0. The number of anilines is 1. The van der Waals surface area contributed by atoms with Gasteiger partial charge < -0.3 is 10.1 Å². The minimum Gasteiger partial charge on any atom is -0.456 e. The van der Waals surface area contributed by atoms with Crippen LogP contribution < -0.4 is 15.7 Å². The zero-order valence-corrected chi connectivity index (χ0v) is 16.0. The largest absolute Gasteiger partial charge is 0.456 e. The van der Waals surface area contributed by atoms with E-state index in [1.54, 1.807) is 36.4 Å². The van der Waals surface area contributed by atoms with Crippen LogP contribution in [0.4, 0.5) is 5.69 Å². The van der Waals surface area contributed by atoms with Gasteiger partial charge in [0.15, 0.2) is 5.16 Å². The number of carbonyl (C=O) groups is 1. The maximum Gasteiger partial charge on any atom is 0.343 e. The Kier molecular flexibility index (Phi) is 6.20. The molecule has 140 valence electrons. The monoisotopic (exact) mass is 404 g/mol. The first-order valence-electron chi connectivity index (χ1n) is 8.17. The summed E-state index contributed by atoms with van der Waals surface area (Å²) >= 11 is 7.27. The van der Waals surface area contributed by atoms with Crippen LogP contribution in [0.2, 0.25) is 5.02 Å². The van der Waals surface area contributed by atoms with Gasteiger partial charge in [-0.1, -0.05) is 35.5 Å². The zero-order chi connectivity index (χ0) is 19.2. The van der Waals surface area contributed by atoms with Gasteiger partial charge in [0.1, 0.15) is 11.5 Å². The lowest BCUT2D eigenvalue weighted by atomic mass is 10.3. The van der Waals surface area contributed by atoms with Gasteiger partial charge in [0, 0.05) is 12.2 Å². The second-order valence-electron chi connectivity index (χ2n) is 5.45. The molecule has 0 fully saturated rings. The Morgan fingerprint density at radius 3 is 2.70 bits per heavy atom. The molecule has 1 aromatic heterocycles. The van der Waals surface area contributed by atoms with Gasteiger partial charge in [-0.3, -0.25) is 9.36 Å². The third-order valence-electron chi connectivity index (χ3n) is 3.57. The van der Waals surface area contributed by atoms with Crippen molar-refractivity contribution >= 4 is 35.0 Å². The van der Waals surface area contributed by atoms with Crippen molar-refractivity contribution in [1.29, 1.82) is 0 Å². The highest BCUT2D eigenvalue weighted by atomic mass is 35.5. The number of thioether (sulfide) groups is 1. The van der Waals surface area contributed by atoms with E-state index in [1.807, 2.05) is 19.1 Å². The summed E-state index contributed by atoms with van der Waals surface area (Å²) in [6.45, 7) is 2.33. The topological polar surface area (TPSA) is 89.0 Å². The van der Waals surface area contributed by atoms with Crippen LogP contribution in [0, 0.1) is 0 Å². The number of rotatable bonds is 7. The van der Waals surface area contributed by atoms with Crippen molar-refractivity contribution in [2.45, 2.75) is 18.6 Å². The molecule has 9 heteroatoms. The van der Waals surface area contributed by atoms with Gasteiger partial charge in [-0.05, 0) is 43.3 Å². The molecule has 1 heterocycles. The Labute approximate surface area is 164 Å². The second kappa shape index (κ2) is 8.79. The lowest BCUT2D eigenvalue weighted by Gasteiger charge is -2.09. The smallest absolute Gasteiger partial charge is 0.343 e. The first kappa shape index (κ1) is 19.1. The Bertz CT molecular complexity index is 985. The van der Waals surface area contributed by atoms with Crippen molar-refractivity contribution in [1.82, 2.24) is 14.8 Å². The fraction of sp³-hybridized carbons (Fsp3) is 0.167. The van der Waals surface area contributed by atoms with Gasteiger partial charge >= 0.3 is 5.69 Å². The molecule has 0 saturated carbocycles. The van der Waals surface area contributed by atoms with Gasteiger partial charge in [0.2, 0.25) is 5.91 Å². The van der Waals surface area contributed by atoms with Gasteiger partial charge in [-0.2, -0.15) is 0 Å². The lowest BCUT2D eigenvalue weighted by molar-refractivity contribution is -0.113. The van der Waals surface area contributed by atoms with E-state index in [9.17, 15) is 9.59 Å². The van der Waals surface area contributed by atoms with Crippen molar-refractivity contribution < 1.29 is 9.53 Å². The molecule has 0 saturated heterocycles. The molecule has 0 spiro atoms. The van der Waals surface area contributed by atoms with E-state index >= 15 is 0 Å². The number of hydrogen-bond donors (Lipinski definition) is 2. The van der Waals surface area contributed by atoms with Gasteiger partial charge in [-0.25, -0.2) is 9.89 Å². The summed E-state index contributed by atoms with van der Waals surface area (Å²) in [6.07, 6.45) is 0. The fourth-order valence-corrected chi connectivity index (χ4v) is 3.26. The maximum atomic E-state index is 12.1. The van der Waals surface area contributed by atoms with Crippen LogP contribution in [0.15, 0.2) is 58.5 Å². The predicted molar refractivity (Wildman–Crippen MR) is 106 cm³/mol. The van der Waals surface area contributed by atoms with E-state index in [-0.39, 0.29) is 17.3 Å². The van der Waals surface area contributed by atoms with Crippen LogP contribution in [-0.4, -0.2) is 26.4 Å². The van der Waals surface area contributed by atoms with Crippen molar-refractivity contribution in [2.75, 3.05) is 11.1 Å². The van der Waals surface area contributed by atoms with Gasteiger partial charge in [-0.15, -0.1) is 5.10 Å². The number of ether oxygens (including phenoxy) is 1. The Morgan fingerprint density at radius 2 is 2.00 bits per heavy atom. The Balaban J connectivity index is 1.55. The molecule has 0 aliphatic rings. The van der Waals surface area contributed by atoms with E-state index in [1.165, 1.54) is 16.3 Å². The predicted octanol–water partition coefficient (Wildman–Crippen LogP) is 3.77. The van der Waals surface area contributed by atoms with E-state index in [2.05, 4.69) is 15.5 Å². The number of amides is 1. The molecule has 3 aromatic rings. The number of H-pyrrole nitrogens is 1. The molecule has 2 aromatic carbocycles. The number of benzene rings is 2. The molecule has 3 rings (SSSR count).